The first kappa shape index (κ1) is 28.8. The minimum Gasteiger partial charge on any atom is -0.338 e. The number of hydrogen-bond acceptors (Lipinski definition) is 5. The first-order chi connectivity index (χ1) is 17.7. The van der Waals surface area contributed by atoms with Crippen LogP contribution in [0, 0.1) is 17.7 Å². The fourth-order valence-electron chi connectivity index (χ4n) is 4.93. The van der Waals surface area contributed by atoms with Gasteiger partial charge in [0.25, 0.3) is 0 Å². The number of fused-ring (bicyclic) bond motifs is 1. The topological polar surface area (TPSA) is 74.6 Å². The van der Waals surface area contributed by atoms with Crippen LogP contribution in [0.15, 0.2) is 30.9 Å². The molecule has 0 radical (unpaired) electrons. The number of halogens is 1. The number of carbonyl (C=O) groups is 2. The largest absolute Gasteiger partial charge is 0.338 e. The minimum atomic E-state index is -0.358. The third-order valence-electron chi connectivity index (χ3n) is 6.56. The van der Waals surface area contributed by atoms with Crippen molar-refractivity contribution in [1.82, 2.24) is 24.6 Å². The van der Waals surface area contributed by atoms with E-state index in [0.717, 1.165) is 32.5 Å². The van der Waals surface area contributed by atoms with Crippen molar-refractivity contribution in [2.45, 2.75) is 72.9 Å². The zero-order chi connectivity index (χ0) is 26.8. The van der Waals surface area contributed by atoms with E-state index in [-0.39, 0.29) is 30.1 Å². The molecule has 9 heteroatoms. The highest BCUT2D eigenvalue weighted by molar-refractivity contribution is 5.94. The lowest BCUT2D eigenvalue weighted by atomic mass is 10.1. The van der Waals surface area contributed by atoms with Gasteiger partial charge in [-0.1, -0.05) is 27.7 Å². The summed E-state index contributed by atoms with van der Waals surface area (Å²) in [6.07, 6.45) is 6.27. The number of rotatable bonds is 8. The van der Waals surface area contributed by atoms with E-state index in [1.54, 1.807) is 17.1 Å². The molecule has 1 aliphatic rings. The molecule has 2 amide bonds. The summed E-state index contributed by atoms with van der Waals surface area (Å²) in [6, 6.07) is 4.60. The molecule has 1 aliphatic heterocycles. The van der Waals surface area contributed by atoms with Crippen molar-refractivity contribution < 1.29 is 14.0 Å². The molecule has 0 atom stereocenters. The predicted molar refractivity (Wildman–Crippen MR) is 143 cm³/mol. The summed E-state index contributed by atoms with van der Waals surface area (Å²) in [5.74, 6) is 0.468. The zero-order valence-corrected chi connectivity index (χ0v) is 22.9. The smallest absolute Gasteiger partial charge is 0.227 e. The number of anilines is 1. The van der Waals surface area contributed by atoms with Gasteiger partial charge < -0.3 is 14.7 Å². The zero-order valence-electron chi connectivity index (χ0n) is 22.9. The Morgan fingerprint density at radius 3 is 2.43 bits per heavy atom. The number of aromatic nitrogens is 3. The SMILES string of the molecule is CC(C)CC(=O)N1CCCN(CC(C)C)CCCN(C(=O)CCCn2cncn2)Cc2cc(F)ccc21. The maximum absolute atomic E-state index is 14.4. The number of amides is 2. The van der Waals surface area contributed by atoms with Crippen LogP contribution in [0.2, 0.25) is 0 Å². The molecule has 1 aromatic carbocycles. The molecule has 0 saturated carbocycles. The summed E-state index contributed by atoms with van der Waals surface area (Å²) >= 11 is 0. The molecule has 37 heavy (non-hydrogen) atoms. The maximum Gasteiger partial charge on any atom is 0.227 e. The van der Waals surface area contributed by atoms with Crippen molar-refractivity contribution in [2.75, 3.05) is 37.6 Å². The monoisotopic (exact) mass is 514 g/mol. The van der Waals surface area contributed by atoms with Crippen LogP contribution < -0.4 is 4.90 Å². The van der Waals surface area contributed by atoms with Crippen molar-refractivity contribution in [3.8, 4) is 0 Å². The minimum absolute atomic E-state index is 0.0304. The second-order valence-corrected chi connectivity index (χ2v) is 10.9. The average Bonchev–Trinajstić information content (AvgIpc) is 3.33. The Morgan fingerprint density at radius 2 is 1.76 bits per heavy atom. The van der Waals surface area contributed by atoms with Crippen LogP contribution in [0.25, 0.3) is 0 Å². The highest BCUT2D eigenvalue weighted by Gasteiger charge is 2.24. The van der Waals surface area contributed by atoms with E-state index in [1.807, 2.05) is 23.6 Å². The first-order valence-corrected chi connectivity index (χ1v) is 13.6. The number of hydrogen-bond donors (Lipinski definition) is 0. The molecule has 0 aliphatic carbocycles. The summed E-state index contributed by atoms with van der Waals surface area (Å²) in [7, 11) is 0. The van der Waals surface area contributed by atoms with Gasteiger partial charge in [-0.2, -0.15) is 5.10 Å². The lowest BCUT2D eigenvalue weighted by Gasteiger charge is -2.32. The molecule has 204 valence electrons. The number of benzene rings is 1. The van der Waals surface area contributed by atoms with Gasteiger partial charge in [-0.15, -0.1) is 0 Å². The summed E-state index contributed by atoms with van der Waals surface area (Å²) in [4.78, 5) is 36.7. The van der Waals surface area contributed by atoms with Gasteiger partial charge in [0.1, 0.15) is 18.5 Å². The standard InChI is InChI=1S/C28H43FN6O2/c1-22(2)16-28(37)35-15-7-12-32(18-23(3)4)11-6-13-33(19-24-17-25(29)9-10-26(24)35)27(36)8-5-14-34-21-30-20-31-34/h9-10,17,20-23H,5-8,11-16,18-19H2,1-4H3. The molecule has 0 unspecified atom stereocenters. The highest BCUT2D eigenvalue weighted by Crippen LogP contribution is 2.26. The Morgan fingerprint density at radius 1 is 1.00 bits per heavy atom. The molecule has 8 nitrogen and oxygen atoms in total. The number of carbonyl (C=O) groups excluding carboxylic acids is 2. The van der Waals surface area contributed by atoms with Gasteiger partial charge in [0, 0.05) is 51.3 Å². The van der Waals surface area contributed by atoms with Gasteiger partial charge in [-0.3, -0.25) is 14.3 Å². The normalized spacial score (nSPS) is 16.0. The van der Waals surface area contributed by atoms with Crippen LogP contribution in [-0.4, -0.2) is 69.1 Å². The van der Waals surface area contributed by atoms with E-state index in [9.17, 15) is 14.0 Å². The Hall–Kier alpha value is -2.81. The van der Waals surface area contributed by atoms with E-state index >= 15 is 0 Å². The molecule has 0 saturated heterocycles. The number of nitrogens with zero attached hydrogens (tertiary/aromatic N) is 6. The van der Waals surface area contributed by atoms with Crippen LogP contribution in [0.1, 0.15) is 65.4 Å². The van der Waals surface area contributed by atoms with Crippen molar-refractivity contribution in [3.05, 3.63) is 42.2 Å². The van der Waals surface area contributed by atoms with Gasteiger partial charge in [-0.25, -0.2) is 9.37 Å². The first-order valence-electron chi connectivity index (χ1n) is 13.6. The molecular formula is C28H43FN6O2. The molecule has 3 rings (SSSR count). The van der Waals surface area contributed by atoms with Gasteiger partial charge in [0.2, 0.25) is 11.8 Å². The van der Waals surface area contributed by atoms with E-state index in [2.05, 4.69) is 28.8 Å². The van der Waals surface area contributed by atoms with E-state index in [4.69, 9.17) is 0 Å². The van der Waals surface area contributed by atoms with Crippen LogP contribution >= 0.6 is 0 Å². The molecule has 0 N–H and O–H groups in total. The summed E-state index contributed by atoms with van der Waals surface area (Å²) in [6.45, 7) is 13.3. The predicted octanol–water partition coefficient (Wildman–Crippen LogP) is 4.36. The summed E-state index contributed by atoms with van der Waals surface area (Å²) in [5.41, 5.74) is 1.39. The van der Waals surface area contributed by atoms with Crippen molar-refractivity contribution in [2.24, 2.45) is 11.8 Å². The average molecular weight is 515 g/mol. The van der Waals surface area contributed by atoms with Gasteiger partial charge in [0.15, 0.2) is 0 Å². The molecule has 1 aromatic heterocycles. The Bertz CT molecular complexity index is 995. The lowest BCUT2D eigenvalue weighted by Crippen LogP contribution is -2.40. The van der Waals surface area contributed by atoms with Gasteiger partial charge in [-0.05, 0) is 68.0 Å². The van der Waals surface area contributed by atoms with Crippen LogP contribution in [0.5, 0.6) is 0 Å². The fraction of sp³-hybridized carbons (Fsp3) is 0.643. The Kier molecular flexibility index (Phi) is 11.0. The molecule has 0 fully saturated rings. The van der Waals surface area contributed by atoms with Crippen LogP contribution in [0.3, 0.4) is 0 Å². The summed E-state index contributed by atoms with van der Waals surface area (Å²) in [5, 5.41) is 4.11. The van der Waals surface area contributed by atoms with Crippen molar-refractivity contribution >= 4 is 17.5 Å². The van der Waals surface area contributed by atoms with Gasteiger partial charge >= 0.3 is 0 Å². The third kappa shape index (κ3) is 9.22. The Labute approximate surface area is 220 Å². The third-order valence-corrected chi connectivity index (χ3v) is 6.56. The second-order valence-electron chi connectivity index (χ2n) is 10.9. The maximum atomic E-state index is 14.4. The van der Waals surface area contributed by atoms with Crippen LogP contribution in [-0.2, 0) is 22.7 Å². The van der Waals surface area contributed by atoms with Crippen molar-refractivity contribution in [3.63, 3.8) is 0 Å². The fourth-order valence-corrected chi connectivity index (χ4v) is 4.93. The van der Waals surface area contributed by atoms with Gasteiger partial charge in [0.05, 0.1) is 0 Å². The second kappa shape index (κ2) is 14.2. The van der Waals surface area contributed by atoms with E-state index in [0.29, 0.717) is 56.1 Å². The number of aryl methyl sites for hydroxylation is 1. The molecule has 0 bridgehead atoms. The van der Waals surface area contributed by atoms with Crippen molar-refractivity contribution in [1.29, 1.82) is 0 Å². The quantitative estimate of drug-likeness (QED) is 0.523. The Balaban J connectivity index is 1.86. The summed E-state index contributed by atoms with van der Waals surface area (Å²) < 4.78 is 16.1. The van der Waals surface area contributed by atoms with E-state index in [1.165, 1.54) is 18.5 Å². The molecule has 2 heterocycles. The van der Waals surface area contributed by atoms with Crippen LogP contribution in [0.4, 0.5) is 10.1 Å². The molecule has 0 spiro atoms. The lowest BCUT2D eigenvalue weighted by molar-refractivity contribution is -0.132. The van der Waals surface area contributed by atoms with E-state index < -0.39 is 0 Å². The molecular weight excluding hydrogens is 471 g/mol. The molecule has 2 aromatic rings. The highest BCUT2D eigenvalue weighted by atomic mass is 19.1.